The number of rotatable bonds is 2. The Hall–Kier alpha value is -1.68. The molecule has 0 spiro atoms. The van der Waals surface area contributed by atoms with Crippen molar-refractivity contribution >= 4 is 11.0 Å². The van der Waals surface area contributed by atoms with Gasteiger partial charge in [0.25, 0.3) is 0 Å². The summed E-state index contributed by atoms with van der Waals surface area (Å²) >= 11 is 0. The summed E-state index contributed by atoms with van der Waals surface area (Å²) in [7, 11) is 0. The fourth-order valence-electron chi connectivity index (χ4n) is 3.59. The Kier molecular flexibility index (Phi) is 2.84. The summed E-state index contributed by atoms with van der Waals surface area (Å²) in [5, 5.41) is 0. The van der Waals surface area contributed by atoms with Gasteiger partial charge in [0.15, 0.2) is 0 Å². The SMILES string of the molecule is CC1C(Oc2cnc3ccccc3n2)C2CCN1CC2. The van der Waals surface area contributed by atoms with Crippen LogP contribution < -0.4 is 4.74 Å². The summed E-state index contributed by atoms with van der Waals surface area (Å²) < 4.78 is 6.19. The Morgan fingerprint density at radius 2 is 1.90 bits per heavy atom. The molecule has 4 heteroatoms. The van der Waals surface area contributed by atoms with Gasteiger partial charge in [0.1, 0.15) is 6.10 Å². The maximum atomic E-state index is 6.19. The molecule has 104 valence electrons. The molecule has 3 aliphatic heterocycles. The van der Waals surface area contributed by atoms with Gasteiger partial charge in [-0.25, -0.2) is 9.97 Å². The third-order valence-electron chi connectivity index (χ3n) is 4.77. The van der Waals surface area contributed by atoms with Gasteiger partial charge in [-0.15, -0.1) is 0 Å². The fourth-order valence-corrected chi connectivity index (χ4v) is 3.59. The molecule has 5 rings (SSSR count). The van der Waals surface area contributed by atoms with Gasteiger partial charge in [-0.1, -0.05) is 12.1 Å². The summed E-state index contributed by atoms with van der Waals surface area (Å²) in [5.41, 5.74) is 1.82. The maximum Gasteiger partial charge on any atom is 0.233 e. The Morgan fingerprint density at radius 3 is 2.65 bits per heavy atom. The first-order chi connectivity index (χ1) is 9.81. The minimum Gasteiger partial charge on any atom is -0.471 e. The van der Waals surface area contributed by atoms with Crippen LogP contribution >= 0.6 is 0 Å². The van der Waals surface area contributed by atoms with Gasteiger partial charge in [0.05, 0.1) is 17.2 Å². The number of aromatic nitrogens is 2. The summed E-state index contributed by atoms with van der Waals surface area (Å²) in [5.74, 6) is 1.33. The molecular formula is C16H19N3O. The number of hydrogen-bond acceptors (Lipinski definition) is 4. The van der Waals surface area contributed by atoms with E-state index in [1.54, 1.807) is 6.20 Å². The minimum absolute atomic E-state index is 0.257. The Balaban J connectivity index is 1.60. The van der Waals surface area contributed by atoms with Crippen LogP contribution in [0.25, 0.3) is 11.0 Å². The number of ether oxygens (including phenoxy) is 1. The van der Waals surface area contributed by atoms with Crippen LogP contribution in [0.15, 0.2) is 30.5 Å². The van der Waals surface area contributed by atoms with Crippen LogP contribution in [0.3, 0.4) is 0 Å². The van der Waals surface area contributed by atoms with Gasteiger partial charge in [-0.3, -0.25) is 4.90 Å². The number of benzene rings is 1. The first-order valence-electron chi connectivity index (χ1n) is 7.44. The molecule has 2 aromatic rings. The summed E-state index contributed by atoms with van der Waals surface area (Å²) in [6, 6.07) is 8.40. The molecule has 3 aliphatic rings. The standard InChI is InChI=1S/C16H19N3O/c1-11-16(12-6-8-19(11)9-7-12)20-15-10-17-13-4-2-3-5-14(13)18-15/h2-5,10-12,16H,6-9H2,1H3. The molecule has 4 heterocycles. The molecule has 1 aromatic heterocycles. The van der Waals surface area contributed by atoms with Crippen molar-refractivity contribution in [3.63, 3.8) is 0 Å². The highest BCUT2D eigenvalue weighted by Crippen LogP contribution is 2.34. The van der Waals surface area contributed by atoms with Gasteiger partial charge in [-0.05, 0) is 50.9 Å². The highest BCUT2D eigenvalue weighted by molar-refractivity contribution is 5.73. The zero-order valence-corrected chi connectivity index (χ0v) is 11.7. The second-order valence-corrected chi connectivity index (χ2v) is 5.89. The van der Waals surface area contributed by atoms with Crippen LogP contribution in [-0.2, 0) is 0 Å². The molecule has 0 N–H and O–H groups in total. The van der Waals surface area contributed by atoms with Crippen LogP contribution in [0.5, 0.6) is 5.88 Å². The van der Waals surface area contributed by atoms with E-state index in [0.29, 0.717) is 17.8 Å². The van der Waals surface area contributed by atoms with E-state index in [4.69, 9.17) is 4.74 Å². The average molecular weight is 269 g/mol. The van der Waals surface area contributed by atoms with E-state index in [1.165, 1.54) is 25.9 Å². The Morgan fingerprint density at radius 1 is 1.15 bits per heavy atom. The lowest BCUT2D eigenvalue weighted by molar-refractivity contribution is -0.0525. The first-order valence-corrected chi connectivity index (χ1v) is 7.44. The quantitative estimate of drug-likeness (QED) is 0.839. The molecule has 0 saturated carbocycles. The lowest BCUT2D eigenvalue weighted by atomic mass is 9.81. The lowest BCUT2D eigenvalue weighted by Gasteiger charge is -2.49. The van der Waals surface area contributed by atoms with Gasteiger partial charge in [-0.2, -0.15) is 0 Å². The van der Waals surface area contributed by atoms with E-state index in [1.807, 2.05) is 24.3 Å². The number of piperidine rings is 3. The molecule has 0 radical (unpaired) electrons. The molecule has 3 saturated heterocycles. The van der Waals surface area contributed by atoms with Crippen molar-refractivity contribution in [1.29, 1.82) is 0 Å². The van der Waals surface area contributed by atoms with Crippen LogP contribution in [0, 0.1) is 5.92 Å². The maximum absolute atomic E-state index is 6.19. The average Bonchev–Trinajstić information content (AvgIpc) is 2.51. The topological polar surface area (TPSA) is 38.3 Å². The van der Waals surface area contributed by atoms with Crippen molar-refractivity contribution in [2.75, 3.05) is 13.1 Å². The van der Waals surface area contributed by atoms with Crippen molar-refractivity contribution < 1.29 is 4.74 Å². The van der Waals surface area contributed by atoms with E-state index >= 15 is 0 Å². The second-order valence-electron chi connectivity index (χ2n) is 5.89. The van der Waals surface area contributed by atoms with E-state index in [-0.39, 0.29) is 6.10 Å². The van der Waals surface area contributed by atoms with Crippen LogP contribution in [0.4, 0.5) is 0 Å². The Bertz CT molecular complexity index is 620. The third-order valence-corrected chi connectivity index (χ3v) is 4.77. The molecule has 4 nitrogen and oxygen atoms in total. The van der Waals surface area contributed by atoms with Gasteiger partial charge >= 0.3 is 0 Å². The molecule has 2 bridgehead atoms. The number of hydrogen-bond donors (Lipinski definition) is 0. The molecule has 3 fully saturated rings. The zero-order valence-electron chi connectivity index (χ0n) is 11.7. The van der Waals surface area contributed by atoms with Gasteiger partial charge in [0.2, 0.25) is 5.88 Å². The van der Waals surface area contributed by atoms with Crippen LogP contribution in [0.1, 0.15) is 19.8 Å². The molecule has 0 aliphatic carbocycles. The van der Waals surface area contributed by atoms with Crippen LogP contribution in [0.2, 0.25) is 0 Å². The number of para-hydroxylation sites is 2. The van der Waals surface area contributed by atoms with E-state index < -0.39 is 0 Å². The summed E-state index contributed by atoms with van der Waals surface area (Å²) in [4.78, 5) is 11.5. The molecule has 20 heavy (non-hydrogen) atoms. The molecule has 1 aromatic carbocycles. The van der Waals surface area contributed by atoms with E-state index in [0.717, 1.165) is 11.0 Å². The third kappa shape index (κ3) is 1.95. The summed E-state index contributed by atoms with van der Waals surface area (Å²) in [6.45, 7) is 4.70. The molecule has 2 unspecified atom stereocenters. The fraction of sp³-hybridized carbons (Fsp3) is 0.500. The highest BCUT2D eigenvalue weighted by Gasteiger charge is 2.41. The van der Waals surface area contributed by atoms with E-state index in [9.17, 15) is 0 Å². The van der Waals surface area contributed by atoms with Crippen molar-refractivity contribution in [2.24, 2.45) is 5.92 Å². The predicted octanol–water partition coefficient (Wildman–Crippen LogP) is 2.49. The molecule has 2 atom stereocenters. The summed E-state index contributed by atoms with van der Waals surface area (Å²) in [6.07, 6.45) is 4.51. The van der Waals surface area contributed by atoms with Gasteiger partial charge < -0.3 is 4.74 Å². The van der Waals surface area contributed by atoms with Crippen molar-refractivity contribution in [2.45, 2.75) is 31.9 Å². The van der Waals surface area contributed by atoms with Crippen molar-refractivity contribution in [1.82, 2.24) is 14.9 Å². The lowest BCUT2D eigenvalue weighted by Crippen LogP contribution is -2.58. The highest BCUT2D eigenvalue weighted by atomic mass is 16.5. The van der Waals surface area contributed by atoms with Crippen LogP contribution in [-0.4, -0.2) is 40.1 Å². The monoisotopic (exact) mass is 269 g/mol. The Labute approximate surface area is 118 Å². The van der Waals surface area contributed by atoms with E-state index in [2.05, 4.69) is 21.8 Å². The first kappa shape index (κ1) is 12.1. The second kappa shape index (κ2) is 4.70. The minimum atomic E-state index is 0.257. The van der Waals surface area contributed by atoms with Crippen molar-refractivity contribution in [3.05, 3.63) is 30.5 Å². The number of nitrogens with zero attached hydrogens (tertiary/aromatic N) is 3. The van der Waals surface area contributed by atoms with Gasteiger partial charge in [0, 0.05) is 6.04 Å². The molecular weight excluding hydrogens is 250 g/mol. The smallest absolute Gasteiger partial charge is 0.233 e. The number of fused-ring (bicyclic) bond motifs is 4. The predicted molar refractivity (Wildman–Crippen MR) is 77.7 cm³/mol. The largest absolute Gasteiger partial charge is 0.471 e. The zero-order chi connectivity index (χ0) is 13.5. The molecule has 0 amide bonds. The van der Waals surface area contributed by atoms with Crippen molar-refractivity contribution in [3.8, 4) is 5.88 Å². The normalized spacial score (nSPS) is 32.5.